The number of para-hydroxylation sites is 1. The molecule has 0 saturated carbocycles. The number of ether oxygens (including phenoxy) is 1. The predicted octanol–water partition coefficient (Wildman–Crippen LogP) is 3.29. The molecule has 1 heterocycles. The number of anilines is 1. The number of rotatable bonds is 6. The fraction of sp³-hybridized carbons (Fsp3) is 0.286. The van der Waals surface area contributed by atoms with E-state index in [0.29, 0.717) is 19.8 Å². The molecule has 1 N–H and O–H groups in total. The fourth-order valence-corrected chi connectivity index (χ4v) is 1.85. The zero-order chi connectivity index (χ0) is 13.7. The van der Waals surface area contributed by atoms with Crippen LogP contribution in [0.2, 0.25) is 5.28 Å². The minimum Gasteiger partial charge on any atom is -0.375 e. The van der Waals surface area contributed by atoms with Crippen molar-refractivity contribution in [1.82, 2.24) is 9.97 Å². The van der Waals surface area contributed by atoms with Crippen LogP contribution in [0.1, 0.15) is 6.92 Å². The summed E-state index contributed by atoms with van der Waals surface area (Å²) in [6, 6.07) is 7.74. The molecule has 100 valence electrons. The standard InChI is InChI=1S/C14H16ClN3O/c1-10(2)9-19-8-7-16-13-11-5-3-4-6-12(11)17-14(15)18-13/h3-6H,1,7-9H2,2H3,(H,16,17,18). The van der Waals surface area contributed by atoms with Crippen molar-refractivity contribution < 1.29 is 4.74 Å². The Kier molecular flexibility index (Phi) is 4.71. The third kappa shape index (κ3) is 3.91. The molecule has 0 amide bonds. The van der Waals surface area contributed by atoms with Crippen LogP contribution in [-0.2, 0) is 4.74 Å². The second kappa shape index (κ2) is 6.50. The minimum atomic E-state index is 0.240. The number of nitrogens with zero attached hydrogens (tertiary/aromatic N) is 2. The molecule has 0 saturated heterocycles. The largest absolute Gasteiger partial charge is 0.375 e. The van der Waals surface area contributed by atoms with Crippen molar-refractivity contribution in [2.75, 3.05) is 25.1 Å². The van der Waals surface area contributed by atoms with Gasteiger partial charge in [-0.15, -0.1) is 0 Å². The van der Waals surface area contributed by atoms with Gasteiger partial charge in [0.1, 0.15) is 5.82 Å². The summed E-state index contributed by atoms with van der Waals surface area (Å²) in [5.41, 5.74) is 1.84. The lowest BCUT2D eigenvalue weighted by molar-refractivity contribution is 0.167. The molecule has 0 aliphatic rings. The highest BCUT2D eigenvalue weighted by Crippen LogP contribution is 2.21. The van der Waals surface area contributed by atoms with Gasteiger partial charge in [0.05, 0.1) is 18.7 Å². The van der Waals surface area contributed by atoms with E-state index in [0.717, 1.165) is 22.3 Å². The van der Waals surface area contributed by atoms with Gasteiger partial charge in [0, 0.05) is 11.9 Å². The second-order valence-electron chi connectivity index (χ2n) is 4.29. The number of aromatic nitrogens is 2. The summed E-state index contributed by atoms with van der Waals surface area (Å²) in [7, 11) is 0. The molecule has 2 aromatic rings. The van der Waals surface area contributed by atoms with E-state index in [1.165, 1.54) is 0 Å². The molecule has 1 aromatic carbocycles. The van der Waals surface area contributed by atoms with Gasteiger partial charge in [0.25, 0.3) is 0 Å². The third-order valence-electron chi connectivity index (χ3n) is 2.46. The van der Waals surface area contributed by atoms with E-state index in [2.05, 4.69) is 21.9 Å². The first kappa shape index (κ1) is 13.8. The second-order valence-corrected chi connectivity index (χ2v) is 4.63. The lowest BCUT2D eigenvalue weighted by Gasteiger charge is -2.09. The van der Waals surface area contributed by atoms with Gasteiger partial charge < -0.3 is 10.1 Å². The summed E-state index contributed by atoms with van der Waals surface area (Å²) in [6.45, 7) is 7.54. The van der Waals surface area contributed by atoms with Crippen molar-refractivity contribution in [2.45, 2.75) is 6.92 Å². The summed E-state index contributed by atoms with van der Waals surface area (Å²) in [6.07, 6.45) is 0. The summed E-state index contributed by atoms with van der Waals surface area (Å²) < 4.78 is 5.42. The van der Waals surface area contributed by atoms with E-state index in [9.17, 15) is 0 Å². The van der Waals surface area contributed by atoms with Gasteiger partial charge in [0.15, 0.2) is 0 Å². The van der Waals surface area contributed by atoms with Crippen LogP contribution in [0.15, 0.2) is 36.4 Å². The molecule has 1 aromatic heterocycles. The monoisotopic (exact) mass is 277 g/mol. The van der Waals surface area contributed by atoms with Crippen LogP contribution in [0.25, 0.3) is 10.9 Å². The summed E-state index contributed by atoms with van der Waals surface area (Å²) in [5.74, 6) is 0.731. The average Bonchev–Trinajstić information content (AvgIpc) is 2.37. The predicted molar refractivity (Wildman–Crippen MR) is 78.7 cm³/mol. The van der Waals surface area contributed by atoms with Crippen LogP contribution >= 0.6 is 11.6 Å². The Morgan fingerprint density at radius 2 is 2.16 bits per heavy atom. The summed E-state index contributed by atoms with van der Waals surface area (Å²) in [4.78, 5) is 8.38. The molecule has 2 rings (SSSR count). The topological polar surface area (TPSA) is 47.0 Å². The van der Waals surface area contributed by atoms with Gasteiger partial charge in [-0.05, 0) is 30.7 Å². The number of nitrogens with one attached hydrogen (secondary N) is 1. The molecular formula is C14H16ClN3O. The first-order valence-electron chi connectivity index (χ1n) is 6.05. The number of fused-ring (bicyclic) bond motifs is 1. The van der Waals surface area contributed by atoms with E-state index in [1.54, 1.807) is 0 Å². The first-order chi connectivity index (χ1) is 9.16. The maximum Gasteiger partial charge on any atom is 0.224 e. The number of benzene rings is 1. The Balaban J connectivity index is 2.02. The van der Waals surface area contributed by atoms with E-state index in [4.69, 9.17) is 16.3 Å². The summed E-state index contributed by atoms with van der Waals surface area (Å²) >= 11 is 5.90. The van der Waals surface area contributed by atoms with Gasteiger partial charge in [-0.25, -0.2) is 9.97 Å². The Morgan fingerprint density at radius 3 is 2.95 bits per heavy atom. The number of hydrogen-bond donors (Lipinski definition) is 1. The van der Waals surface area contributed by atoms with Gasteiger partial charge >= 0.3 is 0 Å². The molecule has 0 bridgehead atoms. The zero-order valence-electron chi connectivity index (χ0n) is 10.8. The molecule has 0 aliphatic heterocycles. The van der Waals surface area contributed by atoms with Crippen molar-refractivity contribution in [3.05, 3.63) is 41.7 Å². The van der Waals surface area contributed by atoms with Crippen LogP contribution in [0.5, 0.6) is 0 Å². The number of halogens is 1. The van der Waals surface area contributed by atoms with Crippen molar-refractivity contribution >= 4 is 28.3 Å². The first-order valence-corrected chi connectivity index (χ1v) is 6.43. The fourth-order valence-electron chi connectivity index (χ4n) is 1.67. The Hall–Kier alpha value is -1.65. The highest BCUT2D eigenvalue weighted by molar-refractivity contribution is 6.28. The van der Waals surface area contributed by atoms with Crippen LogP contribution in [0.3, 0.4) is 0 Å². The van der Waals surface area contributed by atoms with E-state index in [1.807, 2.05) is 31.2 Å². The van der Waals surface area contributed by atoms with Crippen LogP contribution < -0.4 is 5.32 Å². The molecule has 5 heteroatoms. The highest BCUT2D eigenvalue weighted by Gasteiger charge is 2.05. The molecular weight excluding hydrogens is 262 g/mol. The lowest BCUT2D eigenvalue weighted by Crippen LogP contribution is -2.11. The minimum absolute atomic E-state index is 0.240. The molecule has 0 radical (unpaired) electrons. The quantitative estimate of drug-likeness (QED) is 0.500. The highest BCUT2D eigenvalue weighted by atomic mass is 35.5. The molecule has 4 nitrogen and oxygen atoms in total. The average molecular weight is 278 g/mol. The van der Waals surface area contributed by atoms with Gasteiger partial charge in [-0.3, -0.25) is 0 Å². The summed E-state index contributed by atoms with van der Waals surface area (Å²) in [5, 5.41) is 4.40. The molecule has 0 unspecified atom stereocenters. The normalized spacial score (nSPS) is 10.6. The SMILES string of the molecule is C=C(C)COCCNc1nc(Cl)nc2ccccc12. The maximum atomic E-state index is 5.90. The van der Waals surface area contributed by atoms with Crippen molar-refractivity contribution in [2.24, 2.45) is 0 Å². The maximum absolute atomic E-state index is 5.90. The van der Waals surface area contributed by atoms with Crippen LogP contribution in [0.4, 0.5) is 5.82 Å². The zero-order valence-corrected chi connectivity index (χ0v) is 11.6. The van der Waals surface area contributed by atoms with E-state index >= 15 is 0 Å². The Bertz CT molecular complexity index is 586. The molecule has 0 spiro atoms. The molecule has 19 heavy (non-hydrogen) atoms. The van der Waals surface area contributed by atoms with Crippen molar-refractivity contribution in [3.63, 3.8) is 0 Å². The Morgan fingerprint density at radius 1 is 1.37 bits per heavy atom. The lowest BCUT2D eigenvalue weighted by atomic mass is 10.2. The molecule has 0 aliphatic carbocycles. The molecule has 0 fully saturated rings. The smallest absolute Gasteiger partial charge is 0.224 e. The van der Waals surface area contributed by atoms with E-state index < -0.39 is 0 Å². The number of hydrogen-bond acceptors (Lipinski definition) is 4. The third-order valence-corrected chi connectivity index (χ3v) is 2.63. The Labute approximate surface area is 117 Å². The van der Waals surface area contributed by atoms with Crippen molar-refractivity contribution in [1.29, 1.82) is 0 Å². The van der Waals surface area contributed by atoms with Gasteiger partial charge in [-0.1, -0.05) is 24.3 Å². The van der Waals surface area contributed by atoms with E-state index in [-0.39, 0.29) is 5.28 Å². The van der Waals surface area contributed by atoms with Crippen LogP contribution in [0, 0.1) is 0 Å². The van der Waals surface area contributed by atoms with Gasteiger partial charge in [0.2, 0.25) is 5.28 Å². The van der Waals surface area contributed by atoms with Gasteiger partial charge in [-0.2, -0.15) is 0 Å². The van der Waals surface area contributed by atoms with Crippen LogP contribution in [-0.4, -0.2) is 29.7 Å². The van der Waals surface area contributed by atoms with Crippen molar-refractivity contribution in [3.8, 4) is 0 Å². The molecule has 0 atom stereocenters.